The minimum atomic E-state index is 0.0439. The minimum Gasteiger partial charge on any atom is -0.343 e. The van der Waals surface area contributed by atoms with E-state index in [1.165, 1.54) is 5.56 Å². The molecule has 0 bridgehead atoms. The molecule has 30 heavy (non-hydrogen) atoms. The number of nitrogens with zero attached hydrogens (tertiary/aromatic N) is 4. The summed E-state index contributed by atoms with van der Waals surface area (Å²) in [5.41, 5.74) is 2.83. The number of piperidine rings is 1. The lowest BCUT2D eigenvalue weighted by Crippen LogP contribution is -2.49. The third-order valence-corrected chi connectivity index (χ3v) is 6.42. The van der Waals surface area contributed by atoms with Gasteiger partial charge in [-0.05, 0) is 37.6 Å². The molecule has 2 aromatic rings. The largest absolute Gasteiger partial charge is 0.343 e. The van der Waals surface area contributed by atoms with Crippen molar-refractivity contribution in [2.45, 2.75) is 31.7 Å². The van der Waals surface area contributed by atoms with Crippen molar-refractivity contribution in [3.8, 4) is 0 Å². The first-order chi connectivity index (χ1) is 14.5. The Bertz CT molecular complexity index is 876. The van der Waals surface area contributed by atoms with Crippen LogP contribution in [0.15, 0.2) is 48.7 Å². The Hall–Kier alpha value is -2.73. The van der Waals surface area contributed by atoms with Crippen molar-refractivity contribution in [1.82, 2.24) is 19.7 Å². The van der Waals surface area contributed by atoms with E-state index >= 15 is 0 Å². The summed E-state index contributed by atoms with van der Waals surface area (Å²) in [6.45, 7) is 5.59. The first-order valence-corrected chi connectivity index (χ1v) is 10.8. The van der Waals surface area contributed by atoms with Crippen LogP contribution in [0.4, 0.5) is 0 Å². The topological polar surface area (TPSA) is 56.8 Å². The number of rotatable bonds is 3. The third-order valence-electron chi connectivity index (χ3n) is 6.42. The normalized spacial score (nSPS) is 20.9. The molecule has 2 aliphatic rings. The fraction of sp³-hybridized carbons (Fsp3) is 0.458. The van der Waals surface area contributed by atoms with Crippen LogP contribution in [0.2, 0.25) is 0 Å². The zero-order valence-electron chi connectivity index (χ0n) is 17.8. The molecule has 0 N–H and O–H groups in total. The van der Waals surface area contributed by atoms with Crippen molar-refractivity contribution in [1.29, 1.82) is 0 Å². The van der Waals surface area contributed by atoms with E-state index in [-0.39, 0.29) is 17.9 Å². The number of benzene rings is 1. The molecule has 158 valence electrons. The van der Waals surface area contributed by atoms with Gasteiger partial charge in [-0.1, -0.05) is 30.3 Å². The molecule has 0 saturated carbocycles. The molecule has 1 aromatic carbocycles. The molecule has 1 atom stereocenters. The predicted molar refractivity (Wildman–Crippen MR) is 116 cm³/mol. The van der Waals surface area contributed by atoms with Gasteiger partial charge in [-0.2, -0.15) is 0 Å². The lowest BCUT2D eigenvalue weighted by Gasteiger charge is -2.40. The van der Waals surface area contributed by atoms with Gasteiger partial charge in [0.25, 0.3) is 5.91 Å². The number of aromatic nitrogens is 1. The highest BCUT2D eigenvalue weighted by molar-refractivity contribution is 5.94. The second kappa shape index (κ2) is 8.96. The number of hydrogen-bond donors (Lipinski definition) is 0. The van der Waals surface area contributed by atoms with Gasteiger partial charge >= 0.3 is 0 Å². The van der Waals surface area contributed by atoms with Gasteiger partial charge in [0.2, 0.25) is 5.91 Å². The van der Waals surface area contributed by atoms with Gasteiger partial charge in [-0.3, -0.25) is 14.6 Å². The van der Waals surface area contributed by atoms with Gasteiger partial charge in [-0.15, -0.1) is 0 Å². The van der Waals surface area contributed by atoms with Gasteiger partial charge in [0.05, 0.1) is 11.6 Å². The predicted octanol–water partition coefficient (Wildman–Crippen LogP) is 2.94. The van der Waals surface area contributed by atoms with E-state index in [1.807, 2.05) is 40.1 Å². The maximum absolute atomic E-state index is 13.3. The summed E-state index contributed by atoms with van der Waals surface area (Å²) in [4.78, 5) is 35.6. The number of likely N-dealkylation sites (tertiary alicyclic amines) is 1. The van der Waals surface area contributed by atoms with Gasteiger partial charge < -0.3 is 14.7 Å². The Morgan fingerprint density at radius 2 is 1.70 bits per heavy atom. The van der Waals surface area contributed by atoms with E-state index in [1.54, 1.807) is 13.1 Å². The second-order valence-electron chi connectivity index (χ2n) is 8.44. The fourth-order valence-electron chi connectivity index (χ4n) is 4.55. The number of pyridine rings is 1. The van der Waals surface area contributed by atoms with Crippen LogP contribution in [0.1, 0.15) is 53.3 Å². The number of piperazine rings is 1. The zero-order valence-corrected chi connectivity index (χ0v) is 17.8. The van der Waals surface area contributed by atoms with Crippen molar-refractivity contribution in [3.63, 3.8) is 0 Å². The van der Waals surface area contributed by atoms with Crippen LogP contribution in [0.3, 0.4) is 0 Å². The minimum absolute atomic E-state index is 0.0439. The van der Waals surface area contributed by atoms with E-state index in [4.69, 9.17) is 0 Å². The Morgan fingerprint density at radius 1 is 0.967 bits per heavy atom. The Kier molecular flexibility index (Phi) is 6.13. The van der Waals surface area contributed by atoms with Crippen LogP contribution in [0.5, 0.6) is 0 Å². The first-order valence-electron chi connectivity index (χ1n) is 10.8. The molecule has 6 nitrogen and oxygen atoms in total. The zero-order chi connectivity index (χ0) is 21.1. The molecule has 4 rings (SSSR count). The highest BCUT2D eigenvalue weighted by Gasteiger charge is 2.31. The molecule has 3 heterocycles. The van der Waals surface area contributed by atoms with E-state index < -0.39 is 0 Å². The molecular weight excluding hydrogens is 376 g/mol. The summed E-state index contributed by atoms with van der Waals surface area (Å²) < 4.78 is 0. The summed E-state index contributed by atoms with van der Waals surface area (Å²) >= 11 is 0. The lowest BCUT2D eigenvalue weighted by molar-refractivity contribution is -0.129. The van der Waals surface area contributed by atoms with Gasteiger partial charge in [0, 0.05) is 57.5 Å². The Labute approximate surface area is 178 Å². The molecule has 2 amide bonds. The van der Waals surface area contributed by atoms with Crippen molar-refractivity contribution in [2.24, 2.45) is 0 Å². The van der Waals surface area contributed by atoms with Crippen molar-refractivity contribution in [2.75, 3.05) is 39.8 Å². The lowest BCUT2D eigenvalue weighted by atomic mass is 9.92. The molecular formula is C24H30N4O2. The fourth-order valence-corrected chi connectivity index (χ4v) is 4.55. The quantitative estimate of drug-likeness (QED) is 0.787. The molecule has 2 saturated heterocycles. The van der Waals surface area contributed by atoms with Gasteiger partial charge in [0.1, 0.15) is 0 Å². The number of amides is 2. The molecule has 2 aliphatic heterocycles. The van der Waals surface area contributed by atoms with Crippen molar-refractivity contribution >= 4 is 11.8 Å². The average Bonchev–Trinajstić information content (AvgIpc) is 2.79. The van der Waals surface area contributed by atoms with E-state index in [0.717, 1.165) is 44.7 Å². The Morgan fingerprint density at radius 3 is 2.33 bits per heavy atom. The van der Waals surface area contributed by atoms with E-state index in [0.29, 0.717) is 18.0 Å². The second-order valence-corrected chi connectivity index (χ2v) is 8.44. The highest BCUT2D eigenvalue weighted by atomic mass is 16.2. The SMILES string of the molecule is CC(=O)N1CCC(c2ccc(C(=O)N3CCN(C)CC3c3ccccc3)cn2)CC1. The maximum Gasteiger partial charge on any atom is 0.256 e. The molecule has 0 aliphatic carbocycles. The van der Waals surface area contributed by atoms with Crippen LogP contribution >= 0.6 is 0 Å². The molecule has 1 aromatic heterocycles. The summed E-state index contributed by atoms with van der Waals surface area (Å²) in [5.74, 6) is 0.537. The standard InChI is InChI=1S/C24H30N4O2/c1-18(29)27-12-10-19(11-13-27)22-9-8-21(16-25-22)24(30)28-15-14-26(2)17-23(28)20-6-4-3-5-7-20/h3-9,16,19,23H,10-15,17H2,1-2H3. The van der Waals surface area contributed by atoms with Crippen LogP contribution in [0, 0.1) is 0 Å². The maximum atomic E-state index is 13.3. The van der Waals surface area contributed by atoms with Crippen molar-refractivity contribution in [3.05, 3.63) is 65.5 Å². The van der Waals surface area contributed by atoms with E-state index in [9.17, 15) is 9.59 Å². The van der Waals surface area contributed by atoms with Crippen LogP contribution in [0.25, 0.3) is 0 Å². The molecule has 0 radical (unpaired) electrons. The number of hydrogen-bond acceptors (Lipinski definition) is 4. The summed E-state index contributed by atoms with van der Waals surface area (Å²) in [6.07, 6.45) is 3.58. The monoisotopic (exact) mass is 406 g/mol. The highest BCUT2D eigenvalue weighted by Crippen LogP contribution is 2.29. The molecule has 1 unspecified atom stereocenters. The number of carbonyl (C=O) groups excluding carboxylic acids is 2. The molecule has 6 heteroatoms. The number of likely N-dealkylation sites (N-methyl/N-ethyl adjacent to an activating group) is 1. The van der Waals surface area contributed by atoms with E-state index in [2.05, 4.69) is 29.1 Å². The van der Waals surface area contributed by atoms with Crippen LogP contribution < -0.4 is 0 Å². The summed E-state index contributed by atoms with van der Waals surface area (Å²) in [7, 11) is 2.10. The van der Waals surface area contributed by atoms with Crippen LogP contribution in [-0.2, 0) is 4.79 Å². The third kappa shape index (κ3) is 4.38. The van der Waals surface area contributed by atoms with Crippen molar-refractivity contribution < 1.29 is 9.59 Å². The molecule has 2 fully saturated rings. The smallest absolute Gasteiger partial charge is 0.256 e. The van der Waals surface area contributed by atoms with Crippen LogP contribution in [-0.4, -0.2) is 71.3 Å². The first kappa shape index (κ1) is 20.5. The summed E-state index contributed by atoms with van der Waals surface area (Å²) in [5, 5.41) is 0. The average molecular weight is 407 g/mol. The van der Waals surface area contributed by atoms with Gasteiger partial charge in [0.15, 0.2) is 0 Å². The summed E-state index contributed by atoms with van der Waals surface area (Å²) in [6, 6.07) is 14.2. The molecule has 0 spiro atoms. The Balaban J connectivity index is 1.47. The van der Waals surface area contributed by atoms with Gasteiger partial charge in [-0.25, -0.2) is 0 Å². The number of carbonyl (C=O) groups is 2.